The number of amides is 1. The molecule has 0 aromatic rings. The van der Waals surface area contributed by atoms with E-state index in [1.807, 2.05) is 6.08 Å². The number of allylic oxidation sites excluding steroid dienone is 3. The monoisotopic (exact) mass is 756 g/mol. The van der Waals surface area contributed by atoms with Crippen molar-refractivity contribution in [2.75, 3.05) is 13.2 Å². The van der Waals surface area contributed by atoms with E-state index in [9.17, 15) is 35.4 Å². The van der Waals surface area contributed by atoms with Crippen molar-refractivity contribution in [1.82, 2.24) is 5.32 Å². The minimum Gasteiger partial charge on any atom is -0.394 e. The molecule has 0 aliphatic carbocycles. The first-order valence-electron chi connectivity index (χ1n) is 21.6. The summed E-state index contributed by atoms with van der Waals surface area (Å²) in [6.45, 7) is 5.75. The highest BCUT2D eigenvalue weighted by molar-refractivity contribution is 5.80. The predicted octanol–water partition coefficient (Wildman–Crippen LogP) is 7.30. The first-order valence-corrected chi connectivity index (χ1v) is 21.6. The summed E-state index contributed by atoms with van der Waals surface area (Å²) >= 11 is 0. The summed E-state index contributed by atoms with van der Waals surface area (Å²) in [5, 5.41) is 64.5. The van der Waals surface area contributed by atoms with Crippen LogP contribution < -0.4 is 5.32 Å². The highest BCUT2D eigenvalue weighted by Crippen LogP contribution is 2.23. The molecule has 0 radical (unpaired) electrons. The van der Waals surface area contributed by atoms with Crippen molar-refractivity contribution >= 4 is 5.91 Å². The SMILES string of the molecule is CCCCCCCCCCCCCCCCC(O)C(=O)NC(COC1OC(CO)C(O)C(O)C1O)C(O)C=CCCCC=C(C)CCCCCCCC. The van der Waals surface area contributed by atoms with Crippen molar-refractivity contribution in [1.29, 1.82) is 0 Å². The van der Waals surface area contributed by atoms with Gasteiger partial charge in [-0.05, 0) is 45.4 Å². The van der Waals surface area contributed by atoms with E-state index in [-0.39, 0.29) is 6.61 Å². The molecule has 1 rings (SSSR count). The number of unbranched alkanes of at least 4 members (excludes halogenated alkanes) is 20. The Kier molecular flexibility index (Phi) is 30.8. The number of aliphatic hydroxyl groups is 6. The minimum atomic E-state index is -1.61. The quantitative estimate of drug-likeness (QED) is 0.0263. The van der Waals surface area contributed by atoms with Gasteiger partial charge < -0.3 is 45.4 Å². The van der Waals surface area contributed by atoms with Gasteiger partial charge in [0.2, 0.25) is 5.91 Å². The third-order valence-electron chi connectivity index (χ3n) is 10.5. The lowest BCUT2D eigenvalue weighted by molar-refractivity contribution is -0.302. The van der Waals surface area contributed by atoms with Gasteiger partial charge in [-0.2, -0.15) is 0 Å². The fourth-order valence-electron chi connectivity index (χ4n) is 6.81. The van der Waals surface area contributed by atoms with Gasteiger partial charge >= 0.3 is 0 Å². The molecule has 8 unspecified atom stereocenters. The molecule has 0 aromatic carbocycles. The summed E-state index contributed by atoms with van der Waals surface area (Å²) in [6.07, 6.45) is 24.8. The number of rotatable bonds is 34. The van der Waals surface area contributed by atoms with Crippen molar-refractivity contribution in [2.24, 2.45) is 0 Å². The highest BCUT2D eigenvalue weighted by atomic mass is 16.7. The van der Waals surface area contributed by atoms with Crippen LogP contribution in [0.4, 0.5) is 0 Å². The minimum absolute atomic E-state index is 0.307. The molecule has 1 heterocycles. The Morgan fingerprint density at radius 1 is 0.717 bits per heavy atom. The Balaban J connectivity index is 2.53. The Hall–Kier alpha value is -1.37. The zero-order valence-electron chi connectivity index (χ0n) is 33.9. The standard InChI is InChI=1S/C43H81NO9/c1-4-6-8-10-12-13-14-15-16-17-18-19-21-27-31-37(47)42(51)44-35(33-52-43-41(50)40(49)39(48)38(32-45)53-43)36(46)30-26-23-22-25-29-34(3)28-24-20-11-9-7-5-2/h26,29-30,35-41,43,45-50H,4-25,27-28,31-33H2,1-3H3,(H,44,51). The van der Waals surface area contributed by atoms with Crippen LogP contribution in [-0.4, -0.2) is 98.7 Å². The molecular formula is C43H81NO9. The molecular weight excluding hydrogens is 674 g/mol. The molecule has 1 saturated heterocycles. The second-order valence-electron chi connectivity index (χ2n) is 15.5. The second kappa shape index (κ2) is 32.8. The van der Waals surface area contributed by atoms with Crippen LogP contribution in [0.5, 0.6) is 0 Å². The van der Waals surface area contributed by atoms with Crippen LogP contribution in [0.2, 0.25) is 0 Å². The van der Waals surface area contributed by atoms with Crippen molar-refractivity contribution < 1.29 is 44.9 Å². The van der Waals surface area contributed by atoms with Gasteiger partial charge in [0, 0.05) is 0 Å². The molecule has 10 nitrogen and oxygen atoms in total. The van der Waals surface area contributed by atoms with Crippen molar-refractivity contribution in [3.8, 4) is 0 Å². The van der Waals surface area contributed by atoms with E-state index >= 15 is 0 Å². The zero-order chi connectivity index (χ0) is 39.1. The van der Waals surface area contributed by atoms with Crippen LogP contribution in [0.3, 0.4) is 0 Å². The molecule has 0 aromatic heterocycles. The predicted molar refractivity (Wildman–Crippen MR) is 213 cm³/mol. The fourth-order valence-corrected chi connectivity index (χ4v) is 6.81. The van der Waals surface area contributed by atoms with Gasteiger partial charge in [-0.25, -0.2) is 0 Å². The Bertz CT molecular complexity index is 929. The maximum atomic E-state index is 13.0. The Morgan fingerprint density at radius 2 is 1.25 bits per heavy atom. The average Bonchev–Trinajstić information content (AvgIpc) is 3.15. The largest absolute Gasteiger partial charge is 0.394 e. The molecule has 8 atom stereocenters. The Labute approximate surface area is 322 Å². The number of carbonyl (C=O) groups is 1. The van der Waals surface area contributed by atoms with Gasteiger partial charge in [0.15, 0.2) is 6.29 Å². The number of hydrogen-bond acceptors (Lipinski definition) is 9. The molecule has 10 heteroatoms. The second-order valence-corrected chi connectivity index (χ2v) is 15.5. The lowest BCUT2D eigenvalue weighted by Crippen LogP contribution is -2.60. The topological polar surface area (TPSA) is 169 Å². The van der Waals surface area contributed by atoms with E-state index in [0.29, 0.717) is 12.8 Å². The molecule has 1 fully saturated rings. The smallest absolute Gasteiger partial charge is 0.249 e. The number of ether oxygens (including phenoxy) is 2. The third kappa shape index (κ3) is 24.0. The van der Waals surface area contributed by atoms with Gasteiger partial charge in [0.25, 0.3) is 0 Å². The lowest BCUT2D eigenvalue weighted by Gasteiger charge is -2.40. The van der Waals surface area contributed by atoms with E-state index in [1.54, 1.807) is 6.08 Å². The molecule has 1 amide bonds. The van der Waals surface area contributed by atoms with Crippen LogP contribution >= 0.6 is 0 Å². The van der Waals surface area contributed by atoms with Crippen molar-refractivity contribution in [3.63, 3.8) is 0 Å². The van der Waals surface area contributed by atoms with Crippen LogP contribution in [-0.2, 0) is 14.3 Å². The summed E-state index contributed by atoms with van der Waals surface area (Å²) in [5.74, 6) is -0.625. The van der Waals surface area contributed by atoms with Crippen molar-refractivity contribution in [2.45, 2.75) is 230 Å². The molecule has 0 saturated carbocycles. The van der Waals surface area contributed by atoms with Crippen LogP contribution in [0.15, 0.2) is 23.8 Å². The van der Waals surface area contributed by atoms with Crippen LogP contribution in [0.25, 0.3) is 0 Å². The fraction of sp³-hybridized carbons (Fsp3) is 0.884. The molecule has 0 bridgehead atoms. The van der Waals surface area contributed by atoms with E-state index < -0.39 is 61.5 Å². The summed E-state index contributed by atoms with van der Waals surface area (Å²) in [5.41, 5.74) is 1.41. The third-order valence-corrected chi connectivity index (χ3v) is 10.5. The van der Waals surface area contributed by atoms with E-state index in [2.05, 4.69) is 32.2 Å². The first kappa shape index (κ1) is 49.6. The number of hydrogen-bond donors (Lipinski definition) is 7. The van der Waals surface area contributed by atoms with Gasteiger partial charge in [-0.15, -0.1) is 0 Å². The van der Waals surface area contributed by atoms with Crippen LogP contribution in [0, 0.1) is 0 Å². The maximum absolute atomic E-state index is 13.0. The normalized spacial score (nSPS) is 22.7. The maximum Gasteiger partial charge on any atom is 0.249 e. The van der Waals surface area contributed by atoms with E-state index in [4.69, 9.17) is 9.47 Å². The van der Waals surface area contributed by atoms with Gasteiger partial charge in [0.05, 0.1) is 25.4 Å². The average molecular weight is 756 g/mol. The van der Waals surface area contributed by atoms with Crippen molar-refractivity contribution in [3.05, 3.63) is 23.8 Å². The highest BCUT2D eigenvalue weighted by Gasteiger charge is 2.44. The molecule has 312 valence electrons. The van der Waals surface area contributed by atoms with Crippen LogP contribution in [0.1, 0.15) is 181 Å². The number of carbonyl (C=O) groups excluding carboxylic acids is 1. The summed E-state index contributed by atoms with van der Waals surface area (Å²) in [6, 6.07) is -0.989. The molecule has 7 N–H and O–H groups in total. The summed E-state index contributed by atoms with van der Waals surface area (Å²) in [4.78, 5) is 13.0. The summed E-state index contributed by atoms with van der Waals surface area (Å²) < 4.78 is 11.1. The molecule has 53 heavy (non-hydrogen) atoms. The van der Waals surface area contributed by atoms with E-state index in [0.717, 1.165) is 44.9 Å². The first-order chi connectivity index (χ1) is 25.7. The van der Waals surface area contributed by atoms with Gasteiger partial charge in [0.1, 0.15) is 30.5 Å². The molecule has 1 aliphatic heterocycles. The van der Waals surface area contributed by atoms with E-state index in [1.165, 1.54) is 108 Å². The Morgan fingerprint density at radius 3 is 1.79 bits per heavy atom. The molecule has 1 aliphatic rings. The molecule has 0 spiro atoms. The zero-order valence-corrected chi connectivity index (χ0v) is 33.9. The lowest BCUT2D eigenvalue weighted by atomic mass is 9.99. The summed E-state index contributed by atoms with van der Waals surface area (Å²) in [7, 11) is 0. The van der Waals surface area contributed by atoms with Gasteiger partial charge in [-0.1, -0.05) is 160 Å². The number of nitrogens with one attached hydrogen (secondary N) is 1. The van der Waals surface area contributed by atoms with Gasteiger partial charge in [-0.3, -0.25) is 4.79 Å². The number of aliphatic hydroxyl groups excluding tert-OH is 6.